The number of alkyl halides is 3. The highest BCUT2D eigenvalue weighted by Gasteiger charge is 2.40. The number of fused-ring (bicyclic) bond motifs is 1. The van der Waals surface area contributed by atoms with Crippen molar-refractivity contribution in [1.82, 2.24) is 14.5 Å². The Bertz CT molecular complexity index is 1560. The summed E-state index contributed by atoms with van der Waals surface area (Å²) in [5, 5.41) is 10.2. The van der Waals surface area contributed by atoms with Gasteiger partial charge in [-0.1, -0.05) is 49.2 Å². The quantitative estimate of drug-likeness (QED) is 0.190. The van der Waals surface area contributed by atoms with E-state index in [2.05, 4.69) is 4.98 Å². The second-order valence-electron chi connectivity index (χ2n) is 10.0. The molecular weight excluding hydrogens is 571 g/mol. The van der Waals surface area contributed by atoms with Crippen LogP contribution >= 0.6 is 11.6 Å². The second-order valence-corrected chi connectivity index (χ2v) is 10.4. The van der Waals surface area contributed by atoms with Crippen molar-refractivity contribution in [1.29, 1.82) is 0 Å². The van der Waals surface area contributed by atoms with Crippen LogP contribution in [0.5, 0.6) is 23.0 Å². The lowest BCUT2D eigenvalue weighted by atomic mass is 10.1. The zero-order chi connectivity index (χ0) is 29.9. The van der Waals surface area contributed by atoms with Gasteiger partial charge in [-0.3, -0.25) is 4.90 Å². The minimum Gasteiger partial charge on any atom is -0.508 e. The molecule has 0 atom stereocenters. The highest BCUT2D eigenvalue weighted by molar-refractivity contribution is 6.31. The van der Waals surface area contributed by atoms with Crippen LogP contribution in [0.1, 0.15) is 42.3 Å². The Morgan fingerprint density at radius 2 is 1.81 bits per heavy atom. The van der Waals surface area contributed by atoms with E-state index in [0.29, 0.717) is 46.4 Å². The SMILES string of the molecule is CCCCn1c(-c2ccccc2OC)nc(C(F)(F)F)c1CN(Cc1ccc2c(c1)OCO2)Cc1ccc(O)cc1Cl. The van der Waals surface area contributed by atoms with E-state index in [9.17, 15) is 18.3 Å². The Balaban J connectivity index is 1.61. The standard InChI is InChI=1S/C31H31ClF3N3O4/c1-3-4-13-38-25(29(31(33,34)35)36-30(38)23-7-5-6-8-26(23)40-2)18-37(17-21-10-11-22(39)15-24(21)32)16-20-9-12-27-28(14-20)42-19-41-27/h5-12,14-15,39H,3-4,13,16-19H2,1-2H3. The van der Waals surface area contributed by atoms with E-state index in [4.69, 9.17) is 25.8 Å². The molecule has 3 aromatic carbocycles. The molecule has 1 aliphatic heterocycles. The van der Waals surface area contributed by atoms with Crippen molar-refractivity contribution in [3.8, 4) is 34.4 Å². The molecule has 0 bridgehead atoms. The number of halogens is 4. The zero-order valence-corrected chi connectivity index (χ0v) is 24.0. The van der Waals surface area contributed by atoms with E-state index in [1.807, 2.05) is 24.0 Å². The molecule has 2 heterocycles. The third-order valence-electron chi connectivity index (χ3n) is 7.07. The summed E-state index contributed by atoms with van der Waals surface area (Å²) in [6, 6.07) is 17.0. The van der Waals surface area contributed by atoms with Gasteiger partial charge in [0.2, 0.25) is 6.79 Å². The maximum Gasteiger partial charge on any atom is 0.435 e. The van der Waals surface area contributed by atoms with E-state index in [0.717, 1.165) is 12.0 Å². The predicted molar refractivity (Wildman–Crippen MR) is 153 cm³/mol. The van der Waals surface area contributed by atoms with Crippen molar-refractivity contribution in [2.24, 2.45) is 0 Å². The van der Waals surface area contributed by atoms with Crippen LogP contribution in [0.2, 0.25) is 5.02 Å². The van der Waals surface area contributed by atoms with Gasteiger partial charge >= 0.3 is 6.18 Å². The number of imidazole rings is 1. The lowest BCUT2D eigenvalue weighted by Gasteiger charge is -2.25. The molecule has 0 saturated heterocycles. The summed E-state index contributed by atoms with van der Waals surface area (Å²) >= 11 is 6.44. The Morgan fingerprint density at radius 3 is 2.55 bits per heavy atom. The number of aromatic hydroxyl groups is 1. The first kappa shape index (κ1) is 29.6. The Labute approximate surface area is 247 Å². The first-order valence-electron chi connectivity index (χ1n) is 13.6. The summed E-state index contributed by atoms with van der Waals surface area (Å²) in [4.78, 5) is 6.06. The van der Waals surface area contributed by atoms with Gasteiger partial charge < -0.3 is 23.9 Å². The summed E-state index contributed by atoms with van der Waals surface area (Å²) in [5.41, 5.74) is 1.08. The third-order valence-corrected chi connectivity index (χ3v) is 7.42. The van der Waals surface area contributed by atoms with Gasteiger partial charge in [0.1, 0.15) is 17.3 Å². The van der Waals surface area contributed by atoms with Crippen LogP contribution in [0.15, 0.2) is 60.7 Å². The fourth-order valence-corrected chi connectivity index (χ4v) is 5.28. The molecule has 11 heteroatoms. The average molecular weight is 602 g/mol. The largest absolute Gasteiger partial charge is 0.508 e. The fourth-order valence-electron chi connectivity index (χ4n) is 5.05. The third kappa shape index (κ3) is 6.44. The molecule has 222 valence electrons. The Kier molecular flexibility index (Phi) is 8.84. The molecule has 5 rings (SSSR count). The van der Waals surface area contributed by atoms with Crippen molar-refractivity contribution in [3.63, 3.8) is 0 Å². The van der Waals surface area contributed by atoms with Crippen LogP contribution in [0, 0.1) is 0 Å². The van der Waals surface area contributed by atoms with E-state index >= 15 is 0 Å². The number of para-hydroxylation sites is 1. The van der Waals surface area contributed by atoms with Crippen molar-refractivity contribution in [2.45, 2.75) is 52.1 Å². The topological polar surface area (TPSA) is 69.0 Å². The zero-order valence-electron chi connectivity index (χ0n) is 23.2. The summed E-state index contributed by atoms with van der Waals surface area (Å²) in [5.74, 6) is 1.84. The number of phenolic OH excluding ortho intramolecular Hbond substituents is 1. The van der Waals surface area contributed by atoms with Crippen LogP contribution in [-0.4, -0.2) is 33.5 Å². The van der Waals surface area contributed by atoms with Gasteiger partial charge in [-0.15, -0.1) is 0 Å². The fraction of sp³-hybridized carbons (Fsp3) is 0.323. The monoisotopic (exact) mass is 601 g/mol. The summed E-state index contributed by atoms with van der Waals surface area (Å²) in [6.07, 6.45) is -3.24. The molecule has 1 aliphatic rings. The number of aromatic nitrogens is 2. The molecule has 1 aromatic heterocycles. The minimum absolute atomic E-state index is 0.00419. The van der Waals surface area contributed by atoms with Crippen molar-refractivity contribution in [2.75, 3.05) is 13.9 Å². The molecule has 0 unspecified atom stereocenters. The second kappa shape index (κ2) is 12.5. The average Bonchev–Trinajstić information content (AvgIpc) is 3.57. The number of rotatable bonds is 11. The number of hydrogen-bond acceptors (Lipinski definition) is 6. The van der Waals surface area contributed by atoms with Gasteiger partial charge in [0.05, 0.1) is 18.4 Å². The first-order chi connectivity index (χ1) is 20.2. The minimum atomic E-state index is -4.69. The number of phenols is 1. The number of unbranched alkanes of at least 4 members (excludes halogenated alkanes) is 1. The van der Waals surface area contributed by atoms with Gasteiger partial charge in [-0.05, 0) is 53.9 Å². The molecule has 0 aliphatic carbocycles. The lowest BCUT2D eigenvalue weighted by Crippen LogP contribution is -2.26. The molecule has 0 radical (unpaired) electrons. The predicted octanol–water partition coefficient (Wildman–Crippen LogP) is 7.67. The van der Waals surface area contributed by atoms with Gasteiger partial charge in [0.25, 0.3) is 0 Å². The van der Waals surface area contributed by atoms with Crippen LogP contribution < -0.4 is 14.2 Å². The molecule has 0 fully saturated rings. The van der Waals surface area contributed by atoms with Crippen LogP contribution in [-0.2, 0) is 32.4 Å². The number of benzene rings is 3. The van der Waals surface area contributed by atoms with E-state index in [-0.39, 0.29) is 43.7 Å². The summed E-state index contributed by atoms with van der Waals surface area (Å²) in [6.45, 7) is 2.88. The van der Waals surface area contributed by atoms with Crippen LogP contribution in [0.4, 0.5) is 13.2 Å². The van der Waals surface area contributed by atoms with Gasteiger partial charge in [-0.25, -0.2) is 4.98 Å². The van der Waals surface area contributed by atoms with Crippen molar-refractivity contribution >= 4 is 11.6 Å². The normalized spacial score (nSPS) is 12.7. The lowest BCUT2D eigenvalue weighted by molar-refractivity contribution is -0.141. The molecule has 1 N–H and O–H groups in total. The Morgan fingerprint density at radius 1 is 1.02 bits per heavy atom. The van der Waals surface area contributed by atoms with E-state index < -0.39 is 11.9 Å². The highest BCUT2D eigenvalue weighted by Crippen LogP contribution is 2.39. The number of hydrogen-bond donors (Lipinski definition) is 1. The summed E-state index contributed by atoms with van der Waals surface area (Å²) < 4.78 is 62.0. The van der Waals surface area contributed by atoms with Crippen LogP contribution in [0.25, 0.3) is 11.4 Å². The molecule has 4 aromatic rings. The molecule has 0 amide bonds. The van der Waals surface area contributed by atoms with E-state index in [1.54, 1.807) is 41.0 Å². The molecule has 7 nitrogen and oxygen atoms in total. The molecule has 0 spiro atoms. The number of ether oxygens (including phenoxy) is 3. The van der Waals surface area contributed by atoms with E-state index in [1.165, 1.54) is 19.2 Å². The van der Waals surface area contributed by atoms with Gasteiger partial charge in [-0.2, -0.15) is 13.2 Å². The molecule has 0 saturated carbocycles. The molecule has 42 heavy (non-hydrogen) atoms. The number of methoxy groups -OCH3 is 1. The summed E-state index contributed by atoms with van der Waals surface area (Å²) in [7, 11) is 1.48. The van der Waals surface area contributed by atoms with Gasteiger partial charge in [0.15, 0.2) is 17.2 Å². The highest BCUT2D eigenvalue weighted by atomic mass is 35.5. The van der Waals surface area contributed by atoms with Crippen LogP contribution in [0.3, 0.4) is 0 Å². The van der Waals surface area contributed by atoms with Gasteiger partial charge in [0, 0.05) is 31.2 Å². The Hall–Kier alpha value is -3.89. The molecular formula is C31H31ClF3N3O4. The van der Waals surface area contributed by atoms with Crippen molar-refractivity contribution in [3.05, 3.63) is 88.2 Å². The maximum absolute atomic E-state index is 14.6. The number of nitrogens with zero attached hydrogens (tertiary/aromatic N) is 3. The maximum atomic E-state index is 14.6. The smallest absolute Gasteiger partial charge is 0.435 e. The first-order valence-corrected chi connectivity index (χ1v) is 13.9. The van der Waals surface area contributed by atoms with Crippen molar-refractivity contribution < 1.29 is 32.5 Å².